The van der Waals surface area contributed by atoms with Gasteiger partial charge in [0.1, 0.15) is 0 Å². The third-order valence-corrected chi connectivity index (χ3v) is 2.78. The van der Waals surface area contributed by atoms with Gasteiger partial charge in [-0.25, -0.2) is 0 Å². The van der Waals surface area contributed by atoms with Crippen LogP contribution >= 0.6 is 0 Å². The fraction of sp³-hybridized carbons (Fsp3) is 0.286. The van der Waals surface area contributed by atoms with Crippen molar-refractivity contribution in [3.8, 4) is 11.5 Å². The largest absolute Gasteiger partial charge is 0.481 e. The van der Waals surface area contributed by atoms with Gasteiger partial charge in [0.2, 0.25) is 11.8 Å². The number of carboxylic acids is 1. The van der Waals surface area contributed by atoms with Crippen LogP contribution in [0.1, 0.15) is 29.6 Å². The highest BCUT2D eigenvalue weighted by Crippen LogP contribution is 2.18. The number of rotatable bonds is 5. The second-order valence-corrected chi connectivity index (χ2v) is 4.68. The SMILES string of the molecule is Cc1nnc(-c2ccc(C(=O)NC(C)CC(=O)O)cc2)o1. The minimum absolute atomic E-state index is 0.120. The third kappa shape index (κ3) is 3.88. The van der Waals surface area contributed by atoms with Gasteiger partial charge in [-0.15, -0.1) is 10.2 Å². The second kappa shape index (κ2) is 6.17. The standard InChI is InChI=1S/C14H15N3O4/c1-8(7-12(18)19)15-13(20)10-3-5-11(6-4-10)14-17-16-9(2)21-14/h3-6,8H,7H2,1-2H3,(H,15,20)(H,18,19). The number of nitrogens with one attached hydrogen (secondary N) is 1. The Bertz CT molecular complexity index is 648. The summed E-state index contributed by atoms with van der Waals surface area (Å²) >= 11 is 0. The van der Waals surface area contributed by atoms with E-state index in [1.54, 1.807) is 38.1 Å². The number of nitrogens with zero attached hydrogens (tertiary/aromatic N) is 2. The number of hydrogen-bond acceptors (Lipinski definition) is 5. The molecule has 2 N–H and O–H groups in total. The zero-order valence-corrected chi connectivity index (χ0v) is 11.7. The number of aliphatic carboxylic acids is 1. The Morgan fingerprint density at radius 2 is 1.95 bits per heavy atom. The van der Waals surface area contributed by atoms with Gasteiger partial charge in [0.05, 0.1) is 6.42 Å². The number of hydrogen-bond donors (Lipinski definition) is 2. The first-order valence-corrected chi connectivity index (χ1v) is 6.39. The van der Waals surface area contributed by atoms with E-state index >= 15 is 0 Å². The van der Waals surface area contributed by atoms with Crippen LogP contribution in [-0.2, 0) is 4.79 Å². The molecule has 1 atom stereocenters. The maximum absolute atomic E-state index is 11.9. The van der Waals surface area contributed by atoms with Crippen molar-refractivity contribution in [3.63, 3.8) is 0 Å². The monoisotopic (exact) mass is 289 g/mol. The van der Waals surface area contributed by atoms with Crippen molar-refractivity contribution in [2.75, 3.05) is 0 Å². The molecular formula is C14H15N3O4. The van der Waals surface area contributed by atoms with Crippen LogP contribution in [-0.4, -0.2) is 33.2 Å². The van der Waals surface area contributed by atoms with Gasteiger partial charge in [0.15, 0.2) is 0 Å². The number of aromatic nitrogens is 2. The quantitative estimate of drug-likeness (QED) is 0.866. The van der Waals surface area contributed by atoms with Gasteiger partial charge in [0, 0.05) is 24.1 Å². The average Bonchev–Trinajstić information content (AvgIpc) is 2.84. The predicted molar refractivity (Wildman–Crippen MR) is 73.7 cm³/mol. The molecular weight excluding hydrogens is 274 g/mol. The van der Waals surface area contributed by atoms with Gasteiger partial charge >= 0.3 is 5.97 Å². The zero-order chi connectivity index (χ0) is 15.4. The van der Waals surface area contributed by atoms with E-state index in [-0.39, 0.29) is 12.3 Å². The topological polar surface area (TPSA) is 105 Å². The van der Waals surface area contributed by atoms with E-state index in [2.05, 4.69) is 15.5 Å². The summed E-state index contributed by atoms with van der Waals surface area (Å²) in [5.41, 5.74) is 1.15. The highest BCUT2D eigenvalue weighted by molar-refractivity contribution is 5.94. The molecule has 21 heavy (non-hydrogen) atoms. The summed E-state index contributed by atoms with van der Waals surface area (Å²) in [6, 6.07) is 6.20. The van der Waals surface area contributed by atoms with Crippen LogP contribution in [0.25, 0.3) is 11.5 Å². The molecule has 2 rings (SSSR count). The van der Waals surface area contributed by atoms with Crippen LogP contribution in [0, 0.1) is 6.92 Å². The van der Waals surface area contributed by atoms with E-state index in [9.17, 15) is 9.59 Å². The number of aryl methyl sites for hydroxylation is 1. The summed E-state index contributed by atoms with van der Waals surface area (Å²) in [7, 11) is 0. The highest BCUT2D eigenvalue weighted by atomic mass is 16.4. The number of carboxylic acid groups (broad SMARTS) is 1. The molecule has 0 aliphatic rings. The molecule has 0 bridgehead atoms. The fourth-order valence-corrected chi connectivity index (χ4v) is 1.80. The lowest BCUT2D eigenvalue weighted by Gasteiger charge is -2.11. The molecule has 7 nitrogen and oxygen atoms in total. The molecule has 1 aromatic heterocycles. The van der Waals surface area contributed by atoms with Gasteiger partial charge < -0.3 is 14.8 Å². The van der Waals surface area contributed by atoms with Crippen molar-refractivity contribution in [3.05, 3.63) is 35.7 Å². The summed E-state index contributed by atoms with van der Waals surface area (Å²) in [4.78, 5) is 22.5. The van der Waals surface area contributed by atoms with Crippen molar-refractivity contribution in [2.45, 2.75) is 26.3 Å². The van der Waals surface area contributed by atoms with Gasteiger partial charge in [-0.05, 0) is 31.2 Å². The Balaban J connectivity index is 2.05. The molecule has 0 saturated carbocycles. The molecule has 1 amide bonds. The molecule has 2 aromatic rings. The second-order valence-electron chi connectivity index (χ2n) is 4.68. The summed E-state index contributed by atoms with van der Waals surface area (Å²) in [5, 5.41) is 18.9. The number of carbonyl (C=O) groups excluding carboxylic acids is 1. The summed E-state index contributed by atoms with van der Waals surface area (Å²) < 4.78 is 5.29. The van der Waals surface area contributed by atoms with Crippen LogP contribution in [0.15, 0.2) is 28.7 Å². The molecule has 110 valence electrons. The molecule has 0 aliphatic heterocycles. The highest BCUT2D eigenvalue weighted by Gasteiger charge is 2.13. The molecule has 0 radical (unpaired) electrons. The lowest BCUT2D eigenvalue weighted by atomic mass is 10.1. The van der Waals surface area contributed by atoms with Crippen molar-refractivity contribution >= 4 is 11.9 Å². The zero-order valence-electron chi connectivity index (χ0n) is 11.7. The Hall–Kier alpha value is -2.70. The predicted octanol–water partition coefficient (Wildman–Crippen LogP) is 1.64. The van der Waals surface area contributed by atoms with E-state index in [0.29, 0.717) is 22.9 Å². The third-order valence-electron chi connectivity index (χ3n) is 2.78. The van der Waals surface area contributed by atoms with E-state index < -0.39 is 12.0 Å². The van der Waals surface area contributed by atoms with Crippen LogP contribution in [0.2, 0.25) is 0 Å². The normalized spacial score (nSPS) is 11.9. The van der Waals surface area contributed by atoms with Gasteiger partial charge in [0.25, 0.3) is 5.91 Å². The smallest absolute Gasteiger partial charge is 0.305 e. The number of amides is 1. The summed E-state index contributed by atoms with van der Waals surface area (Å²) in [6.45, 7) is 3.34. The van der Waals surface area contributed by atoms with Gasteiger partial charge in [-0.2, -0.15) is 0 Å². The minimum Gasteiger partial charge on any atom is -0.481 e. The van der Waals surface area contributed by atoms with Crippen LogP contribution < -0.4 is 5.32 Å². The van der Waals surface area contributed by atoms with Crippen molar-refractivity contribution in [2.24, 2.45) is 0 Å². The molecule has 0 aliphatic carbocycles. The Labute approximate surface area is 121 Å². The lowest BCUT2D eigenvalue weighted by Crippen LogP contribution is -2.34. The number of carbonyl (C=O) groups is 2. The molecule has 1 unspecified atom stereocenters. The molecule has 0 fully saturated rings. The van der Waals surface area contributed by atoms with Crippen molar-refractivity contribution in [1.29, 1.82) is 0 Å². The molecule has 7 heteroatoms. The van der Waals surface area contributed by atoms with Crippen molar-refractivity contribution < 1.29 is 19.1 Å². The number of benzene rings is 1. The summed E-state index contributed by atoms with van der Waals surface area (Å²) in [5.74, 6) is -0.421. The molecule has 1 heterocycles. The van der Waals surface area contributed by atoms with E-state index in [4.69, 9.17) is 9.52 Å². The maximum Gasteiger partial charge on any atom is 0.305 e. The fourth-order valence-electron chi connectivity index (χ4n) is 1.80. The van der Waals surface area contributed by atoms with Crippen molar-refractivity contribution in [1.82, 2.24) is 15.5 Å². The Kier molecular flexibility index (Phi) is 4.32. The maximum atomic E-state index is 11.9. The molecule has 1 aromatic carbocycles. The first kappa shape index (κ1) is 14.7. The van der Waals surface area contributed by atoms with E-state index in [0.717, 1.165) is 0 Å². The van der Waals surface area contributed by atoms with E-state index in [1.807, 2.05) is 0 Å². The van der Waals surface area contributed by atoms with Crippen LogP contribution in [0.5, 0.6) is 0 Å². The Morgan fingerprint density at radius 3 is 2.48 bits per heavy atom. The first-order valence-electron chi connectivity index (χ1n) is 6.39. The van der Waals surface area contributed by atoms with Crippen LogP contribution in [0.4, 0.5) is 0 Å². The molecule has 0 saturated heterocycles. The Morgan fingerprint density at radius 1 is 1.29 bits per heavy atom. The average molecular weight is 289 g/mol. The first-order chi connectivity index (χ1) is 9.95. The lowest BCUT2D eigenvalue weighted by molar-refractivity contribution is -0.137. The summed E-state index contributed by atoms with van der Waals surface area (Å²) in [6.07, 6.45) is -0.120. The van der Waals surface area contributed by atoms with Gasteiger partial charge in [-0.1, -0.05) is 0 Å². The van der Waals surface area contributed by atoms with Gasteiger partial charge in [-0.3, -0.25) is 9.59 Å². The van der Waals surface area contributed by atoms with E-state index in [1.165, 1.54) is 0 Å². The van der Waals surface area contributed by atoms with Crippen LogP contribution in [0.3, 0.4) is 0 Å². The minimum atomic E-state index is -0.954. The molecule has 0 spiro atoms.